The van der Waals surface area contributed by atoms with Crippen LogP contribution in [0.4, 0.5) is 0 Å². The molecule has 0 amide bonds. The van der Waals surface area contributed by atoms with E-state index in [9.17, 15) is 0 Å². The lowest BCUT2D eigenvalue weighted by atomic mass is 9.77. The predicted octanol–water partition coefficient (Wildman–Crippen LogP) is 2.17. The highest BCUT2D eigenvalue weighted by Crippen LogP contribution is 2.37. The summed E-state index contributed by atoms with van der Waals surface area (Å²) < 4.78 is 1.94. The van der Waals surface area contributed by atoms with Crippen LogP contribution < -0.4 is 5.32 Å². The molecule has 1 fully saturated rings. The molecule has 1 saturated heterocycles. The Morgan fingerprint density at radius 1 is 1.37 bits per heavy atom. The summed E-state index contributed by atoms with van der Waals surface area (Å²) in [5, 5.41) is 18.0. The number of aromatic nitrogens is 4. The topological polar surface area (TPSA) is 55.1 Å². The Morgan fingerprint density at radius 3 is 2.95 bits per heavy atom. The Morgan fingerprint density at radius 2 is 2.26 bits per heavy atom. The molecule has 1 N–H and O–H groups in total. The van der Waals surface area contributed by atoms with Gasteiger partial charge in [0.2, 0.25) is 4.96 Å². The van der Waals surface area contributed by atoms with Crippen molar-refractivity contribution < 1.29 is 0 Å². The maximum Gasteiger partial charge on any atom is 0.234 e. The Hall–Kier alpha value is -1.01. The molecule has 0 spiro atoms. The summed E-state index contributed by atoms with van der Waals surface area (Å²) in [6.07, 6.45) is 5.75. The van der Waals surface area contributed by atoms with Crippen molar-refractivity contribution in [2.24, 2.45) is 0 Å². The number of nitrogens with zero attached hydrogens (tertiary/aromatic N) is 4. The van der Waals surface area contributed by atoms with E-state index in [2.05, 4.69) is 29.4 Å². The predicted molar refractivity (Wildman–Crippen MR) is 76.7 cm³/mol. The maximum atomic E-state index is 4.83. The van der Waals surface area contributed by atoms with Gasteiger partial charge in [0.05, 0.1) is 0 Å². The Bertz CT molecular complexity index is 547. The van der Waals surface area contributed by atoms with E-state index >= 15 is 0 Å². The largest absolute Gasteiger partial charge is 0.316 e. The highest BCUT2D eigenvalue weighted by molar-refractivity contribution is 7.16. The fourth-order valence-electron chi connectivity index (χ4n) is 3.04. The van der Waals surface area contributed by atoms with Crippen molar-refractivity contribution in [3.8, 4) is 0 Å². The van der Waals surface area contributed by atoms with Crippen molar-refractivity contribution in [1.29, 1.82) is 0 Å². The van der Waals surface area contributed by atoms with Crippen molar-refractivity contribution in [2.45, 2.75) is 51.4 Å². The minimum Gasteiger partial charge on any atom is -0.316 e. The van der Waals surface area contributed by atoms with E-state index in [1.54, 1.807) is 11.3 Å². The highest BCUT2D eigenvalue weighted by atomic mass is 32.1. The van der Waals surface area contributed by atoms with Crippen LogP contribution in [0.15, 0.2) is 0 Å². The first-order valence-electron chi connectivity index (χ1n) is 7.21. The minimum absolute atomic E-state index is 0.212. The van der Waals surface area contributed by atoms with E-state index in [4.69, 9.17) is 5.10 Å². The van der Waals surface area contributed by atoms with Crippen molar-refractivity contribution in [2.75, 3.05) is 13.1 Å². The molecule has 0 bridgehead atoms. The van der Waals surface area contributed by atoms with E-state index in [0.717, 1.165) is 30.3 Å². The van der Waals surface area contributed by atoms with Crippen LogP contribution in [0.5, 0.6) is 0 Å². The molecule has 5 nitrogen and oxygen atoms in total. The van der Waals surface area contributed by atoms with Gasteiger partial charge in [-0.1, -0.05) is 31.6 Å². The molecule has 0 aliphatic carbocycles. The molecular weight excluding hydrogens is 258 g/mol. The molecule has 1 aliphatic rings. The van der Waals surface area contributed by atoms with Gasteiger partial charge in [-0.25, -0.2) is 0 Å². The van der Waals surface area contributed by atoms with Gasteiger partial charge >= 0.3 is 0 Å². The highest BCUT2D eigenvalue weighted by Gasteiger charge is 2.36. The normalized spacial score (nSPS) is 24.1. The molecule has 1 atom stereocenters. The second-order valence-corrected chi connectivity index (χ2v) is 6.34. The third-order valence-electron chi connectivity index (χ3n) is 4.03. The molecular formula is C13H21N5S. The molecule has 6 heteroatoms. The number of nitrogens with one attached hydrogen (secondary N) is 1. The molecule has 0 aromatic carbocycles. The maximum absolute atomic E-state index is 4.83. The molecule has 104 valence electrons. The summed E-state index contributed by atoms with van der Waals surface area (Å²) >= 11 is 1.72. The minimum atomic E-state index is 0.212. The van der Waals surface area contributed by atoms with Crippen LogP contribution in [0.1, 0.15) is 50.4 Å². The Balaban J connectivity index is 2.01. The van der Waals surface area contributed by atoms with Gasteiger partial charge in [-0.3, -0.25) is 0 Å². The summed E-state index contributed by atoms with van der Waals surface area (Å²) in [5.41, 5.74) is 0.212. The van der Waals surface area contributed by atoms with Crippen LogP contribution in [-0.2, 0) is 11.8 Å². The van der Waals surface area contributed by atoms with Gasteiger partial charge in [-0.15, -0.1) is 10.2 Å². The quantitative estimate of drug-likeness (QED) is 0.932. The van der Waals surface area contributed by atoms with Gasteiger partial charge in [0.25, 0.3) is 0 Å². The molecule has 0 saturated carbocycles. The summed E-state index contributed by atoms with van der Waals surface area (Å²) in [6, 6.07) is 0. The summed E-state index contributed by atoms with van der Waals surface area (Å²) in [6.45, 7) is 6.54. The lowest BCUT2D eigenvalue weighted by molar-refractivity contribution is 0.287. The van der Waals surface area contributed by atoms with Gasteiger partial charge in [-0.05, 0) is 25.8 Å². The second kappa shape index (κ2) is 5.17. The molecule has 2 aromatic rings. The zero-order valence-corrected chi connectivity index (χ0v) is 12.5. The van der Waals surface area contributed by atoms with Gasteiger partial charge in [-0.2, -0.15) is 9.61 Å². The molecule has 1 unspecified atom stereocenters. The fourth-order valence-corrected chi connectivity index (χ4v) is 4.14. The summed E-state index contributed by atoms with van der Waals surface area (Å²) in [4.78, 5) is 0.938. The summed E-state index contributed by atoms with van der Waals surface area (Å²) in [5.74, 6) is 0.966. The van der Waals surface area contributed by atoms with Crippen molar-refractivity contribution in [1.82, 2.24) is 25.1 Å². The Labute approximate surface area is 117 Å². The average molecular weight is 279 g/mol. The third kappa shape index (κ3) is 2.17. The van der Waals surface area contributed by atoms with Crippen molar-refractivity contribution in [3.05, 3.63) is 10.8 Å². The van der Waals surface area contributed by atoms with E-state index in [1.807, 2.05) is 4.52 Å². The van der Waals surface area contributed by atoms with Gasteiger partial charge in [0.1, 0.15) is 5.01 Å². The smallest absolute Gasteiger partial charge is 0.234 e. The van der Waals surface area contributed by atoms with Gasteiger partial charge in [0.15, 0.2) is 5.82 Å². The number of hydrogen-bond donors (Lipinski definition) is 1. The van der Waals surface area contributed by atoms with Crippen molar-refractivity contribution in [3.63, 3.8) is 0 Å². The standard InChI is InChI=1S/C13H21N5S/c1-3-6-13(7-5-8-14-9-13)11-17-18-10(4-2)15-16-12(18)19-11/h14H,3-9H2,1-2H3. The number of piperidine rings is 1. The monoisotopic (exact) mass is 279 g/mol. The average Bonchev–Trinajstić information content (AvgIpc) is 3.00. The number of fused-ring (bicyclic) bond motifs is 1. The van der Waals surface area contributed by atoms with Crippen LogP contribution >= 0.6 is 11.3 Å². The van der Waals surface area contributed by atoms with Gasteiger partial charge < -0.3 is 5.32 Å². The first-order chi connectivity index (χ1) is 9.29. The van der Waals surface area contributed by atoms with Crippen LogP contribution in [0, 0.1) is 0 Å². The second-order valence-electron chi connectivity index (χ2n) is 5.38. The SMILES string of the molecule is CCCC1(c2nn3c(CC)nnc3s2)CCCNC1. The van der Waals surface area contributed by atoms with Crippen LogP contribution in [0.2, 0.25) is 0 Å². The molecule has 3 rings (SSSR count). The Kier molecular flexibility index (Phi) is 3.54. The zero-order valence-electron chi connectivity index (χ0n) is 11.6. The van der Waals surface area contributed by atoms with E-state index < -0.39 is 0 Å². The van der Waals surface area contributed by atoms with Crippen LogP contribution in [0.3, 0.4) is 0 Å². The van der Waals surface area contributed by atoms with E-state index in [1.165, 1.54) is 30.7 Å². The van der Waals surface area contributed by atoms with Gasteiger partial charge in [0, 0.05) is 18.4 Å². The molecule has 3 heterocycles. The summed E-state index contributed by atoms with van der Waals surface area (Å²) in [7, 11) is 0. The number of rotatable bonds is 4. The molecule has 2 aromatic heterocycles. The zero-order chi connectivity index (χ0) is 13.3. The molecule has 1 aliphatic heterocycles. The number of aryl methyl sites for hydroxylation is 1. The van der Waals surface area contributed by atoms with Crippen molar-refractivity contribution >= 4 is 16.3 Å². The van der Waals surface area contributed by atoms with E-state index in [0.29, 0.717) is 0 Å². The fraction of sp³-hybridized carbons (Fsp3) is 0.769. The van der Waals surface area contributed by atoms with Crippen LogP contribution in [-0.4, -0.2) is 32.9 Å². The lowest BCUT2D eigenvalue weighted by Gasteiger charge is -2.35. The first-order valence-corrected chi connectivity index (χ1v) is 8.03. The van der Waals surface area contributed by atoms with Crippen LogP contribution in [0.25, 0.3) is 4.96 Å². The molecule has 19 heavy (non-hydrogen) atoms. The first kappa shape index (κ1) is 13.0. The number of hydrogen-bond acceptors (Lipinski definition) is 5. The lowest BCUT2D eigenvalue weighted by Crippen LogP contribution is -2.43. The van der Waals surface area contributed by atoms with E-state index in [-0.39, 0.29) is 5.41 Å². The molecule has 0 radical (unpaired) electrons. The third-order valence-corrected chi connectivity index (χ3v) is 5.17.